The van der Waals surface area contributed by atoms with Gasteiger partial charge in [-0.25, -0.2) is 0 Å². The molecule has 0 spiro atoms. The lowest BCUT2D eigenvalue weighted by Gasteiger charge is -2.32. The lowest BCUT2D eigenvalue weighted by atomic mass is 10.0. The first-order chi connectivity index (χ1) is 11.1. The first-order valence-electron chi connectivity index (χ1n) is 7.66. The molecular formula is C14H19N7O2. The van der Waals surface area contributed by atoms with Gasteiger partial charge < -0.3 is 0 Å². The molecule has 1 saturated heterocycles. The van der Waals surface area contributed by atoms with Crippen LogP contribution in [0.15, 0.2) is 24.3 Å². The monoisotopic (exact) mass is 317 g/mol. The molecule has 0 amide bonds. The molecule has 1 aliphatic rings. The number of nitrogens with one attached hydrogen (secondary N) is 1. The van der Waals surface area contributed by atoms with E-state index < -0.39 is 4.92 Å². The van der Waals surface area contributed by atoms with Gasteiger partial charge in [-0.3, -0.25) is 20.4 Å². The van der Waals surface area contributed by atoms with Crippen molar-refractivity contribution in [3.8, 4) is 0 Å². The minimum absolute atomic E-state index is 0.0225. The molecule has 1 aromatic carbocycles. The van der Waals surface area contributed by atoms with Crippen molar-refractivity contribution in [2.24, 2.45) is 0 Å². The molecule has 122 valence electrons. The van der Waals surface area contributed by atoms with Crippen LogP contribution in [0, 0.1) is 10.1 Å². The van der Waals surface area contributed by atoms with E-state index in [1.165, 1.54) is 36.2 Å². The highest BCUT2D eigenvalue weighted by molar-refractivity contribution is 5.50. The van der Waals surface area contributed by atoms with Crippen LogP contribution in [0.1, 0.15) is 32.0 Å². The summed E-state index contributed by atoms with van der Waals surface area (Å²) in [6.07, 6.45) is 3.62. The van der Waals surface area contributed by atoms with Gasteiger partial charge in [0, 0.05) is 18.2 Å². The van der Waals surface area contributed by atoms with Gasteiger partial charge in [0.15, 0.2) is 5.82 Å². The molecule has 1 N–H and O–H groups in total. The molecule has 0 saturated carbocycles. The number of hydrogen-bond donors (Lipinski definition) is 1. The normalized spacial score (nSPS) is 18.7. The van der Waals surface area contributed by atoms with E-state index in [0.29, 0.717) is 24.1 Å². The van der Waals surface area contributed by atoms with Crippen molar-refractivity contribution < 1.29 is 4.92 Å². The summed E-state index contributed by atoms with van der Waals surface area (Å²) >= 11 is 0. The standard InChI is InChI=1S/C14H19N7O2/c1-11-5-2-3-8-19(11)10-14-15-17-18-20(14)16-12-6-4-7-13(9-12)21(22)23/h4,6-7,9,11,16H,2-3,5,8,10H2,1H3/t11-/m1/s1. The van der Waals surface area contributed by atoms with Gasteiger partial charge in [0.1, 0.15) is 0 Å². The number of nitrogens with zero attached hydrogens (tertiary/aromatic N) is 6. The zero-order chi connectivity index (χ0) is 16.2. The average molecular weight is 317 g/mol. The summed E-state index contributed by atoms with van der Waals surface area (Å²) in [4.78, 5) is 14.2. The zero-order valence-electron chi connectivity index (χ0n) is 12.9. The molecule has 23 heavy (non-hydrogen) atoms. The van der Waals surface area contributed by atoms with E-state index in [1.807, 2.05) is 0 Å². The molecule has 3 rings (SSSR count). The fourth-order valence-corrected chi connectivity index (χ4v) is 2.78. The van der Waals surface area contributed by atoms with E-state index in [9.17, 15) is 10.1 Å². The average Bonchev–Trinajstić information content (AvgIpc) is 2.97. The molecule has 0 unspecified atom stereocenters. The Bertz CT molecular complexity index is 687. The number of tetrazole rings is 1. The maximum absolute atomic E-state index is 10.8. The molecule has 1 atom stereocenters. The van der Waals surface area contributed by atoms with Crippen LogP contribution in [0.3, 0.4) is 0 Å². The Labute approximate surface area is 133 Å². The molecule has 1 aromatic heterocycles. The minimum atomic E-state index is -0.429. The van der Waals surface area contributed by atoms with Crippen LogP contribution < -0.4 is 5.43 Å². The van der Waals surface area contributed by atoms with Crippen LogP contribution in [0.25, 0.3) is 0 Å². The van der Waals surface area contributed by atoms with Gasteiger partial charge in [-0.15, -0.1) is 9.89 Å². The molecule has 0 bridgehead atoms. The fraction of sp³-hybridized carbons (Fsp3) is 0.500. The van der Waals surface area contributed by atoms with Crippen molar-refractivity contribution in [2.75, 3.05) is 12.0 Å². The first kappa shape index (κ1) is 15.3. The molecule has 1 aliphatic heterocycles. The second-order valence-corrected chi connectivity index (χ2v) is 5.74. The van der Waals surface area contributed by atoms with Crippen molar-refractivity contribution >= 4 is 11.4 Å². The van der Waals surface area contributed by atoms with Crippen molar-refractivity contribution in [3.63, 3.8) is 0 Å². The number of hydrogen-bond acceptors (Lipinski definition) is 7. The molecule has 0 radical (unpaired) electrons. The van der Waals surface area contributed by atoms with Gasteiger partial charge in [-0.1, -0.05) is 12.5 Å². The molecule has 0 aliphatic carbocycles. The van der Waals surface area contributed by atoms with Crippen LogP contribution in [-0.4, -0.2) is 42.7 Å². The number of aromatic nitrogens is 4. The van der Waals surface area contributed by atoms with Crippen LogP contribution in [0.4, 0.5) is 11.4 Å². The van der Waals surface area contributed by atoms with E-state index in [1.54, 1.807) is 12.1 Å². The molecule has 2 aromatic rings. The number of piperidine rings is 1. The topological polar surface area (TPSA) is 102 Å². The van der Waals surface area contributed by atoms with E-state index in [-0.39, 0.29) is 5.69 Å². The Hall–Kier alpha value is -2.55. The zero-order valence-corrected chi connectivity index (χ0v) is 12.9. The highest BCUT2D eigenvalue weighted by Gasteiger charge is 2.21. The van der Waals surface area contributed by atoms with Gasteiger partial charge in [-0.05, 0) is 42.8 Å². The lowest BCUT2D eigenvalue weighted by Crippen LogP contribution is -2.38. The van der Waals surface area contributed by atoms with E-state index >= 15 is 0 Å². The predicted octanol–water partition coefficient (Wildman–Crippen LogP) is 1.83. The number of benzene rings is 1. The van der Waals surface area contributed by atoms with Crippen LogP contribution in [-0.2, 0) is 6.54 Å². The lowest BCUT2D eigenvalue weighted by molar-refractivity contribution is -0.384. The number of likely N-dealkylation sites (tertiary alicyclic amines) is 1. The van der Waals surface area contributed by atoms with E-state index in [2.05, 4.69) is 32.8 Å². The Morgan fingerprint density at radius 3 is 3.09 bits per heavy atom. The third kappa shape index (κ3) is 3.62. The van der Waals surface area contributed by atoms with Gasteiger partial charge in [0.2, 0.25) is 0 Å². The van der Waals surface area contributed by atoms with Gasteiger partial charge in [0.25, 0.3) is 5.69 Å². The number of nitro groups is 1. The summed E-state index contributed by atoms with van der Waals surface area (Å²) in [5, 5.41) is 22.5. The van der Waals surface area contributed by atoms with Gasteiger partial charge in [0.05, 0.1) is 17.2 Å². The number of non-ortho nitro benzene ring substituents is 1. The summed E-state index contributed by atoms with van der Waals surface area (Å²) in [7, 11) is 0. The molecule has 9 nitrogen and oxygen atoms in total. The number of anilines is 1. The Morgan fingerprint density at radius 2 is 2.30 bits per heavy atom. The largest absolute Gasteiger partial charge is 0.293 e. The smallest absolute Gasteiger partial charge is 0.271 e. The number of rotatable bonds is 5. The quantitative estimate of drug-likeness (QED) is 0.663. The summed E-state index contributed by atoms with van der Waals surface area (Å²) in [6.45, 7) is 3.89. The van der Waals surface area contributed by atoms with Crippen molar-refractivity contribution in [3.05, 3.63) is 40.2 Å². The summed E-state index contributed by atoms with van der Waals surface area (Å²) < 4.78 is 0. The van der Waals surface area contributed by atoms with Crippen LogP contribution in [0.2, 0.25) is 0 Å². The molecule has 1 fully saturated rings. The third-order valence-corrected chi connectivity index (χ3v) is 4.11. The molecular weight excluding hydrogens is 298 g/mol. The van der Waals surface area contributed by atoms with E-state index in [4.69, 9.17) is 0 Å². The second-order valence-electron chi connectivity index (χ2n) is 5.74. The van der Waals surface area contributed by atoms with Crippen LogP contribution in [0.5, 0.6) is 0 Å². The highest BCUT2D eigenvalue weighted by Crippen LogP contribution is 2.19. The minimum Gasteiger partial charge on any atom is -0.293 e. The van der Waals surface area contributed by atoms with Crippen molar-refractivity contribution in [1.82, 2.24) is 25.2 Å². The van der Waals surface area contributed by atoms with E-state index in [0.717, 1.165) is 6.54 Å². The maximum atomic E-state index is 10.8. The predicted molar refractivity (Wildman–Crippen MR) is 83.7 cm³/mol. The third-order valence-electron chi connectivity index (χ3n) is 4.11. The highest BCUT2D eigenvalue weighted by atomic mass is 16.6. The SMILES string of the molecule is C[C@@H]1CCCCN1Cc1nnnn1Nc1cccc([N+](=O)[O-])c1. The summed E-state index contributed by atoms with van der Waals surface area (Å²) in [5.41, 5.74) is 3.59. The first-order valence-corrected chi connectivity index (χ1v) is 7.66. The Balaban J connectivity index is 1.73. The van der Waals surface area contributed by atoms with Crippen LogP contribution >= 0.6 is 0 Å². The Kier molecular flexibility index (Phi) is 4.47. The van der Waals surface area contributed by atoms with Gasteiger partial charge >= 0.3 is 0 Å². The summed E-state index contributed by atoms with van der Waals surface area (Å²) in [5.74, 6) is 0.685. The van der Waals surface area contributed by atoms with Crippen molar-refractivity contribution in [2.45, 2.75) is 38.8 Å². The second kappa shape index (κ2) is 6.69. The molecule has 2 heterocycles. The Morgan fingerprint density at radius 1 is 1.43 bits per heavy atom. The fourth-order valence-electron chi connectivity index (χ4n) is 2.78. The van der Waals surface area contributed by atoms with Gasteiger partial charge in [-0.2, -0.15) is 0 Å². The number of nitro benzene ring substituents is 1. The summed E-state index contributed by atoms with van der Waals surface area (Å²) in [6, 6.07) is 6.77. The van der Waals surface area contributed by atoms with Crippen molar-refractivity contribution in [1.29, 1.82) is 0 Å². The molecule has 9 heteroatoms. The maximum Gasteiger partial charge on any atom is 0.271 e.